The standard InChI is InChI=1S/C30H42O4Si/c1-29-15-14-24-23(26(29)12-13-27(29)34-35(3,4)5)11-8-21-18-30(32-16-17-33-30)19-25(28(21)24)20-6-9-22(31-2)10-7-20/h6-10,13,23-26,28H,11-12,14-19H2,1-5H3/t23-,24+,25+,26+,28+,29+/m1/s1. The Bertz CT molecular complexity index is 1020. The number of allylic oxidation sites excluding steroid dienone is 3. The molecule has 6 rings (SSSR count). The summed E-state index contributed by atoms with van der Waals surface area (Å²) in [7, 11) is 0.125. The molecule has 6 atom stereocenters. The first-order chi connectivity index (χ1) is 16.7. The number of methoxy groups -OCH3 is 1. The fourth-order valence-electron chi connectivity index (χ4n) is 8.30. The molecule has 190 valence electrons. The van der Waals surface area contributed by atoms with E-state index in [4.69, 9.17) is 18.6 Å². The van der Waals surface area contributed by atoms with Gasteiger partial charge in [0.2, 0.25) is 8.32 Å². The van der Waals surface area contributed by atoms with Crippen LogP contribution in [0.15, 0.2) is 47.7 Å². The number of fused-ring (bicyclic) bond motifs is 5. The van der Waals surface area contributed by atoms with Gasteiger partial charge in [0.05, 0.1) is 26.1 Å². The van der Waals surface area contributed by atoms with Gasteiger partial charge >= 0.3 is 0 Å². The van der Waals surface area contributed by atoms with E-state index in [1.54, 1.807) is 12.7 Å². The van der Waals surface area contributed by atoms with E-state index in [1.807, 2.05) is 0 Å². The summed E-state index contributed by atoms with van der Waals surface area (Å²) in [5, 5.41) is 0. The number of rotatable bonds is 4. The van der Waals surface area contributed by atoms with E-state index in [2.05, 4.69) is 63.0 Å². The van der Waals surface area contributed by atoms with Crippen molar-refractivity contribution < 1.29 is 18.6 Å². The molecule has 0 amide bonds. The molecule has 1 saturated heterocycles. The SMILES string of the molecule is COc1ccc([C@@H]2CC3(CC4=CC[C@@H]5[C@H](CC[C@]6(C)C(O[Si](C)(C)C)=CC[C@@H]56)[C@H]42)OCCO3)cc1. The summed E-state index contributed by atoms with van der Waals surface area (Å²) in [5.74, 6) is 4.94. The number of benzene rings is 1. The van der Waals surface area contributed by atoms with Gasteiger partial charge in [0.25, 0.3) is 0 Å². The van der Waals surface area contributed by atoms with Gasteiger partial charge in [-0.25, -0.2) is 0 Å². The van der Waals surface area contributed by atoms with Crippen LogP contribution in [-0.2, 0) is 13.9 Å². The number of hydrogen-bond donors (Lipinski definition) is 0. The lowest BCUT2D eigenvalue weighted by molar-refractivity contribution is -0.181. The highest BCUT2D eigenvalue weighted by atomic mass is 28.4. The van der Waals surface area contributed by atoms with Crippen molar-refractivity contribution in [3.8, 4) is 5.75 Å². The second-order valence-electron chi connectivity index (χ2n) is 12.8. The van der Waals surface area contributed by atoms with Crippen LogP contribution in [0.25, 0.3) is 0 Å². The smallest absolute Gasteiger partial charge is 0.241 e. The lowest BCUT2D eigenvalue weighted by atomic mass is 9.50. The average molecular weight is 495 g/mol. The lowest BCUT2D eigenvalue weighted by Crippen LogP contribution is -2.50. The van der Waals surface area contributed by atoms with Crippen molar-refractivity contribution in [1.29, 1.82) is 0 Å². The summed E-state index contributed by atoms with van der Waals surface area (Å²) < 4.78 is 24.7. The van der Waals surface area contributed by atoms with E-state index in [9.17, 15) is 0 Å². The Morgan fingerprint density at radius 2 is 1.71 bits per heavy atom. The first-order valence-corrected chi connectivity index (χ1v) is 17.1. The van der Waals surface area contributed by atoms with Gasteiger partial charge in [-0.2, -0.15) is 0 Å². The normalized spacial score (nSPS) is 37.7. The molecule has 1 spiro atoms. The maximum Gasteiger partial charge on any atom is 0.241 e. The van der Waals surface area contributed by atoms with Gasteiger partial charge < -0.3 is 18.6 Å². The second kappa shape index (κ2) is 8.49. The minimum Gasteiger partial charge on any atom is -0.547 e. The first-order valence-electron chi connectivity index (χ1n) is 13.7. The van der Waals surface area contributed by atoms with Crippen molar-refractivity contribution in [2.24, 2.45) is 29.1 Å². The van der Waals surface area contributed by atoms with E-state index in [1.165, 1.54) is 37.0 Å². The Kier molecular flexibility index (Phi) is 5.78. The molecule has 0 aromatic heterocycles. The van der Waals surface area contributed by atoms with Crippen molar-refractivity contribution in [3.63, 3.8) is 0 Å². The van der Waals surface area contributed by atoms with Gasteiger partial charge in [-0.15, -0.1) is 0 Å². The van der Waals surface area contributed by atoms with Crippen molar-refractivity contribution >= 4 is 8.32 Å². The molecule has 0 unspecified atom stereocenters. The second-order valence-corrected chi connectivity index (χ2v) is 17.2. The Balaban J connectivity index is 1.33. The summed E-state index contributed by atoms with van der Waals surface area (Å²) in [6.45, 7) is 10.9. The molecule has 4 nitrogen and oxygen atoms in total. The van der Waals surface area contributed by atoms with E-state index in [0.29, 0.717) is 31.0 Å². The molecule has 0 N–H and O–H groups in total. The minimum atomic E-state index is -1.62. The Hall–Kier alpha value is -1.56. The van der Waals surface area contributed by atoms with Crippen LogP contribution in [0.2, 0.25) is 19.6 Å². The molecule has 0 bridgehead atoms. The third-order valence-electron chi connectivity index (χ3n) is 9.76. The Morgan fingerprint density at radius 3 is 2.40 bits per heavy atom. The van der Waals surface area contributed by atoms with Gasteiger partial charge in [-0.1, -0.05) is 30.7 Å². The molecule has 1 heterocycles. The van der Waals surface area contributed by atoms with Gasteiger partial charge in [0, 0.05) is 18.3 Å². The third-order valence-corrected chi connectivity index (χ3v) is 10.6. The van der Waals surface area contributed by atoms with Gasteiger partial charge in [0.1, 0.15) is 5.75 Å². The zero-order chi connectivity index (χ0) is 24.4. The maximum atomic E-state index is 6.67. The predicted molar refractivity (Wildman–Crippen MR) is 141 cm³/mol. The third kappa shape index (κ3) is 4.02. The fraction of sp³-hybridized carbons (Fsp3) is 0.667. The van der Waals surface area contributed by atoms with Gasteiger partial charge in [-0.05, 0) is 98.7 Å². The van der Waals surface area contributed by atoms with Crippen LogP contribution < -0.4 is 4.74 Å². The molecule has 3 fully saturated rings. The monoisotopic (exact) mass is 494 g/mol. The number of hydrogen-bond acceptors (Lipinski definition) is 4. The molecule has 35 heavy (non-hydrogen) atoms. The van der Waals surface area contributed by atoms with Crippen molar-refractivity contribution in [2.75, 3.05) is 20.3 Å². The highest BCUT2D eigenvalue weighted by Crippen LogP contribution is 2.64. The van der Waals surface area contributed by atoms with E-state index >= 15 is 0 Å². The molecule has 5 heteroatoms. The fourth-order valence-corrected chi connectivity index (χ4v) is 9.28. The zero-order valence-corrected chi connectivity index (χ0v) is 23.1. The highest BCUT2D eigenvalue weighted by Gasteiger charge is 2.58. The van der Waals surface area contributed by atoms with E-state index in [0.717, 1.165) is 30.4 Å². The summed E-state index contributed by atoms with van der Waals surface area (Å²) in [5.41, 5.74) is 3.20. The Labute approximate surface area is 212 Å². The summed E-state index contributed by atoms with van der Waals surface area (Å²) in [4.78, 5) is 0. The van der Waals surface area contributed by atoms with Crippen LogP contribution in [0.4, 0.5) is 0 Å². The summed E-state index contributed by atoms with van der Waals surface area (Å²) in [6, 6.07) is 8.80. The minimum absolute atomic E-state index is 0.204. The van der Waals surface area contributed by atoms with Crippen LogP contribution in [0, 0.1) is 29.1 Å². The molecule has 5 aliphatic rings. The topological polar surface area (TPSA) is 36.9 Å². The molecule has 2 saturated carbocycles. The maximum absolute atomic E-state index is 6.67. The van der Waals surface area contributed by atoms with Gasteiger partial charge in [-0.3, -0.25) is 0 Å². The van der Waals surface area contributed by atoms with Crippen LogP contribution in [-0.4, -0.2) is 34.4 Å². The molecule has 0 radical (unpaired) electrons. The quantitative estimate of drug-likeness (QED) is 0.332. The largest absolute Gasteiger partial charge is 0.547 e. The molecule has 1 aromatic rings. The zero-order valence-electron chi connectivity index (χ0n) is 22.1. The summed E-state index contributed by atoms with van der Waals surface area (Å²) >= 11 is 0. The van der Waals surface area contributed by atoms with Crippen molar-refractivity contribution in [2.45, 2.75) is 76.8 Å². The van der Waals surface area contributed by atoms with Crippen LogP contribution in [0.5, 0.6) is 5.75 Å². The number of ether oxygens (including phenoxy) is 3. The van der Waals surface area contributed by atoms with E-state index < -0.39 is 14.1 Å². The summed E-state index contributed by atoms with van der Waals surface area (Å²) in [6.07, 6.45) is 11.8. The van der Waals surface area contributed by atoms with Gasteiger partial charge in [0.15, 0.2) is 5.79 Å². The van der Waals surface area contributed by atoms with Crippen molar-refractivity contribution in [1.82, 2.24) is 0 Å². The van der Waals surface area contributed by atoms with Crippen molar-refractivity contribution in [3.05, 3.63) is 53.3 Å². The molecule has 1 aromatic carbocycles. The van der Waals surface area contributed by atoms with Crippen LogP contribution >= 0.6 is 0 Å². The molecule has 1 aliphatic heterocycles. The van der Waals surface area contributed by atoms with E-state index in [-0.39, 0.29) is 5.41 Å². The highest BCUT2D eigenvalue weighted by molar-refractivity contribution is 6.70. The molecular formula is C30H42O4Si. The molecular weight excluding hydrogens is 452 g/mol. The first kappa shape index (κ1) is 23.8. The predicted octanol–water partition coefficient (Wildman–Crippen LogP) is 7.05. The average Bonchev–Trinajstić information content (AvgIpc) is 3.41. The Morgan fingerprint density at radius 1 is 0.971 bits per heavy atom. The van der Waals surface area contributed by atoms with Crippen LogP contribution in [0.3, 0.4) is 0 Å². The van der Waals surface area contributed by atoms with Crippen LogP contribution in [0.1, 0.15) is 56.9 Å². The molecule has 4 aliphatic carbocycles. The lowest BCUT2D eigenvalue weighted by Gasteiger charge is -2.56.